The molecule has 2 atom stereocenters. The van der Waals surface area contributed by atoms with Gasteiger partial charge in [0.2, 0.25) is 0 Å². The summed E-state index contributed by atoms with van der Waals surface area (Å²) in [6.45, 7) is 3.84. The van der Waals surface area contributed by atoms with Crippen LogP contribution in [0.4, 0.5) is 4.79 Å². The van der Waals surface area contributed by atoms with Gasteiger partial charge in [0, 0.05) is 39.3 Å². The van der Waals surface area contributed by atoms with Crippen LogP contribution >= 0.6 is 0 Å². The highest BCUT2D eigenvalue weighted by atomic mass is 16.5. The predicted molar refractivity (Wildman–Crippen MR) is 91.5 cm³/mol. The molecule has 0 aromatic rings. The Morgan fingerprint density at radius 2 is 1.87 bits per heavy atom. The van der Waals surface area contributed by atoms with Crippen LogP contribution in [0, 0.1) is 11.8 Å². The highest BCUT2D eigenvalue weighted by Gasteiger charge is 2.35. The standard InChI is InChI=1S/C18H33N3O2/c1-23-17-7-10-21(11-8-17)12-9-19-18(22)20-16-4-2-3-15(13-16)14-5-6-14/h14-17H,2-13H2,1H3,(H2,19,20,22)/t15-,16+/m1/s1. The molecule has 0 aromatic carbocycles. The van der Waals surface area contributed by atoms with E-state index in [2.05, 4.69) is 15.5 Å². The van der Waals surface area contributed by atoms with Crippen molar-refractivity contribution in [2.24, 2.45) is 11.8 Å². The Morgan fingerprint density at radius 3 is 2.57 bits per heavy atom. The predicted octanol–water partition coefficient (Wildman–Crippen LogP) is 2.37. The van der Waals surface area contributed by atoms with Crippen LogP contribution in [0.5, 0.6) is 0 Å². The molecule has 23 heavy (non-hydrogen) atoms. The fourth-order valence-electron chi connectivity index (χ4n) is 4.29. The lowest BCUT2D eigenvalue weighted by atomic mass is 9.83. The number of hydrogen-bond acceptors (Lipinski definition) is 3. The Hall–Kier alpha value is -0.810. The van der Waals surface area contributed by atoms with Crippen molar-refractivity contribution in [2.75, 3.05) is 33.3 Å². The molecule has 0 aromatic heterocycles. The van der Waals surface area contributed by atoms with Crippen molar-refractivity contribution < 1.29 is 9.53 Å². The third kappa shape index (κ3) is 5.35. The number of amides is 2. The molecule has 0 bridgehead atoms. The average molecular weight is 323 g/mol. The van der Waals surface area contributed by atoms with E-state index in [1.165, 1.54) is 32.1 Å². The Labute approximate surface area is 140 Å². The third-order valence-electron chi connectivity index (χ3n) is 5.92. The number of hydrogen-bond donors (Lipinski definition) is 2. The quantitative estimate of drug-likeness (QED) is 0.789. The second kappa shape index (κ2) is 8.34. The zero-order chi connectivity index (χ0) is 16.1. The molecule has 3 rings (SSSR count). The minimum atomic E-state index is 0.0261. The van der Waals surface area contributed by atoms with Crippen molar-refractivity contribution in [3.63, 3.8) is 0 Å². The molecule has 2 aliphatic carbocycles. The molecule has 0 spiro atoms. The van der Waals surface area contributed by atoms with Crippen molar-refractivity contribution in [1.29, 1.82) is 0 Å². The number of ether oxygens (including phenoxy) is 1. The number of nitrogens with one attached hydrogen (secondary N) is 2. The van der Waals surface area contributed by atoms with Crippen LogP contribution in [0.15, 0.2) is 0 Å². The zero-order valence-corrected chi connectivity index (χ0v) is 14.6. The van der Waals surface area contributed by atoms with Gasteiger partial charge in [0.05, 0.1) is 6.10 Å². The second-order valence-electron chi connectivity index (χ2n) is 7.64. The van der Waals surface area contributed by atoms with Crippen LogP contribution in [0.3, 0.4) is 0 Å². The minimum absolute atomic E-state index is 0.0261. The van der Waals surface area contributed by atoms with Gasteiger partial charge in [0.15, 0.2) is 0 Å². The fourth-order valence-corrected chi connectivity index (χ4v) is 4.29. The van der Waals surface area contributed by atoms with E-state index in [9.17, 15) is 4.79 Å². The van der Waals surface area contributed by atoms with Gasteiger partial charge in [-0.1, -0.05) is 12.8 Å². The van der Waals surface area contributed by atoms with Crippen molar-refractivity contribution in [1.82, 2.24) is 15.5 Å². The van der Waals surface area contributed by atoms with Gasteiger partial charge in [0.25, 0.3) is 0 Å². The average Bonchev–Trinajstić information content (AvgIpc) is 3.41. The molecule has 0 radical (unpaired) electrons. The van der Waals surface area contributed by atoms with Gasteiger partial charge in [-0.25, -0.2) is 4.79 Å². The number of methoxy groups -OCH3 is 1. The summed E-state index contributed by atoms with van der Waals surface area (Å²) in [6, 6.07) is 0.421. The molecular weight excluding hydrogens is 290 g/mol. The van der Waals surface area contributed by atoms with Gasteiger partial charge in [-0.3, -0.25) is 0 Å². The number of nitrogens with zero attached hydrogens (tertiary/aromatic N) is 1. The largest absolute Gasteiger partial charge is 0.381 e. The zero-order valence-electron chi connectivity index (χ0n) is 14.6. The van der Waals surface area contributed by atoms with Crippen LogP contribution < -0.4 is 10.6 Å². The molecule has 5 heteroatoms. The topological polar surface area (TPSA) is 53.6 Å². The summed E-state index contributed by atoms with van der Waals surface area (Å²) in [7, 11) is 1.80. The number of urea groups is 1. The van der Waals surface area contributed by atoms with Gasteiger partial charge in [-0.05, 0) is 50.4 Å². The Morgan fingerprint density at radius 1 is 1.09 bits per heavy atom. The normalized spacial score (nSPS) is 30.1. The number of carbonyl (C=O) groups is 1. The highest BCUT2D eigenvalue weighted by Crippen LogP contribution is 2.43. The molecule has 2 saturated carbocycles. The maximum atomic E-state index is 12.1. The molecule has 3 aliphatic rings. The lowest BCUT2D eigenvalue weighted by Crippen LogP contribution is -2.47. The fraction of sp³-hybridized carbons (Fsp3) is 0.944. The number of carbonyl (C=O) groups excluding carboxylic acids is 1. The van der Waals surface area contributed by atoms with Crippen LogP contribution in [0.1, 0.15) is 51.4 Å². The van der Waals surface area contributed by atoms with Gasteiger partial charge < -0.3 is 20.3 Å². The highest BCUT2D eigenvalue weighted by molar-refractivity contribution is 5.74. The smallest absolute Gasteiger partial charge is 0.315 e. The molecular formula is C18H33N3O2. The molecule has 5 nitrogen and oxygen atoms in total. The molecule has 2 N–H and O–H groups in total. The SMILES string of the molecule is COC1CCN(CCNC(=O)N[C@H]2CCC[C@@H](C3CC3)C2)CC1. The Kier molecular flexibility index (Phi) is 6.17. The van der Waals surface area contributed by atoms with E-state index in [1.54, 1.807) is 7.11 Å². The lowest BCUT2D eigenvalue weighted by molar-refractivity contribution is 0.0416. The van der Waals surface area contributed by atoms with Crippen molar-refractivity contribution in [3.8, 4) is 0 Å². The van der Waals surface area contributed by atoms with Gasteiger partial charge >= 0.3 is 6.03 Å². The molecule has 1 heterocycles. The van der Waals surface area contributed by atoms with E-state index in [0.717, 1.165) is 57.3 Å². The summed E-state index contributed by atoms with van der Waals surface area (Å²) < 4.78 is 5.39. The van der Waals surface area contributed by atoms with E-state index >= 15 is 0 Å². The minimum Gasteiger partial charge on any atom is -0.381 e. The maximum absolute atomic E-state index is 12.1. The number of piperidine rings is 1. The lowest BCUT2D eigenvalue weighted by Gasteiger charge is -2.31. The number of likely N-dealkylation sites (tertiary alicyclic amines) is 1. The summed E-state index contributed by atoms with van der Waals surface area (Å²) in [5.74, 6) is 1.84. The van der Waals surface area contributed by atoms with Crippen LogP contribution in [0.25, 0.3) is 0 Å². The van der Waals surface area contributed by atoms with Gasteiger partial charge in [0.1, 0.15) is 0 Å². The molecule has 1 aliphatic heterocycles. The van der Waals surface area contributed by atoms with E-state index in [0.29, 0.717) is 12.1 Å². The van der Waals surface area contributed by atoms with E-state index < -0.39 is 0 Å². The van der Waals surface area contributed by atoms with Gasteiger partial charge in [-0.2, -0.15) is 0 Å². The first-order chi connectivity index (χ1) is 11.2. The van der Waals surface area contributed by atoms with Crippen LogP contribution in [-0.4, -0.2) is 56.4 Å². The second-order valence-corrected chi connectivity index (χ2v) is 7.64. The molecule has 132 valence electrons. The summed E-state index contributed by atoms with van der Waals surface area (Å²) in [6.07, 6.45) is 10.5. The first-order valence-corrected chi connectivity index (χ1v) is 9.54. The molecule has 2 amide bonds. The Balaban J connectivity index is 1.27. The van der Waals surface area contributed by atoms with Crippen molar-refractivity contribution in [3.05, 3.63) is 0 Å². The van der Waals surface area contributed by atoms with E-state index in [1.807, 2.05) is 0 Å². The van der Waals surface area contributed by atoms with Crippen LogP contribution in [-0.2, 0) is 4.74 Å². The third-order valence-corrected chi connectivity index (χ3v) is 5.92. The molecule has 1 saturated heterocycles. The molecule has 0 unspecified atom stereocenters. The number of rotatable bonds is 6. The van der Waals surface area contributed by atoms with Crippen molar-refractivity contribution >= 4 is 6.03 Å². The monoisotopic (exact) mass is 323 g/mol. The first kappa shape index (κ1) is 17.0. The summed E-state index contributed by atoms with van der Waals surface area (Å²) in [5.41, 5.74) is 0. The van der Waals surface area contributed by atoms with Crippen LogP contribution in [0.2, 0.25) is 0 Å². The molecule has 3 fully saturated rings. The van der Waals surface area contributed by atoms with Gasteiger partial charge in [-0.15, -0.1) is 0 Å². The first-order valence-electron chi connectivity index (χ1n) is 9.54. The summed E-state index contributed by atoms with van der Waals surface area (Å²) in [4.78, 5) is 14.5. The maximum Gasteiger partial charge on any atom is 0.315 e. The van der Waals surface area contributed by atoms with E-state index in [-0.39, 0.29) is 6.03 Å². The summed E-state index contributed by atoms with van der Waals surface area (Å²) in [5, 5.41) is 6.24. The van der Waals surface area contributed by atoms with Crippen molar-refractivity contribution in [2.45, 2.75) is 63.5 Å². The Bertz CT molecular complexity index is 378. The van der Waals surface area contributed by atoms with E-state index in [4.69, 9.17) is 4.74 Å². The summed E-state index contributed by atoms with van der Waals surface area (Å²) >= 11 is 0.